The molecule has 0 fully saturated rings. The number of cyclic esters (lactones) is 1. The molecule has 0 atom stereocenters. The van der Waals surface area contributed by atoms with Crippen LogP contribution in [0.15, 0.2) is 53.2 Å². The molecule has 0 saturated heterocycles. The maximum Gasteiger partial charge on any atom is 0.363 e. The topological polar surface area (TPSA) is 92.7 Å². The molecule has 0 spiro atoms. The van der Waals surface area contributed by atoms with E-state index in [1.807, 2.05) is 0 Å². The first-order valence-corrected chi connectivity index (χ1v) is 9.17. The number of hydrogen-bond acceptors (Lipinski definition) is 8. The number of methoxy groups -OCH3 is 2. The fourth-order valence-corrected chi connectivity index (χ4v) is 2.68. The first kappa shape index (κ1) is 20.9. The van der Waals surface area contributed by atoms with E-state index in [0.29, 0.717) is 28.4 Å². The minimum atomic E-state index is -0.561. The van der Waals surface area contributed by atoms with E-state index in [9.17, 15) is 9.59 Å². The fourth-order valence-electron chi connectivity index (χ4n) is 2.68. The van der Waals surface area contributed by atoms with Gasteiger partial charge in [-0.2, -0.15) is 0 Å². The lowest BCUT2D eigenvalue weighted by Gasteiger charge is -2.10. The van der Waals surface area contributed by atoms with Crippen LogP contribution in [-0.2, 0) is 19.1 Å². The fraction of sp³-hybridized carbons (Fsp3) is 0.227. The van der Waals surface area contributed by atoms with Crippen molar-refractivity contribution in [3.8, 4) is 17.2 Å². The van der Waals surface area contributed by atoms with Gasteiger partial charge in [0.05, 0.1) is 20.8 Å². The molecule has 2 aromatic carbocycles. The SMILES string of the molecule is CCOC(=O)COc1ccc(/C=C2/N=C(c3cccc(OC)c3)OC2=O)cc1OC. The molecule has 0 unspecified atom stereocenters. The zero-order valence-corrected chi connectivity index (χ0v) is 16.8. The average Bonchev–Trinajstić information content (AvgIpc) is 3.13. The largest absolute Gasteiger partial charge is 0.497 e. The Hall–Kier alpha value is -3.81. The van der Waals surface area contributed by atoms with E-state index in [4.69, 9.17) is 23.7 Å². The number of benzene rings is 2. The molecule has 0 aromatic heterocycles. The number of ether oxygens (including phenoxy) is 5. The van der Waals surface area contributed by atoms with Gasteiger partial charge in [-0.15, -0.1) is 0 Å². The van der Waals surface area contributed by atoms with Gasteiger partial charge in [0.2, 0.25) is 5.90 Å². The number of rotatable bonds is 8. The van der Waals surface area contributed by atoms with E-state index in [2.05, 4.69) is 4.99 Å². The van der Waals surface area contributed by atoms with Crippen LogP contribution in [-0.4, -0.2) is 45.3 Å². The van der Waals surface area contributed by atoms with Crippen molar-refractivity contribution < 1.29 is 33.3 Å². The first-order valence-electron chi connectivity index (χ1n) is 9.17. The van der Waals surface area contributed by atoms with Crippen LogP contribution in [0.5, 0.6) is 17.2 Å². The second kappa shape index (κ2) is 9.60. The minimum Gasteiger partial charge on any atom is -0.497 e. The standard InChI is InChI=1S/C22H21NO7/c1-4-28-20(24)13-29-18-9-8-14(11-19(18)27-3)10-17-22(25)30-21(23-17)15-6-5-7-16(12-15)26-2/h5-12H,4,13H2,1-3H3/b17-10+. The maximum atomic E-state index is 12.2. The molecule has 2 aromatic rings. The minimum absolute atomic E-state index is 0.148. The van der Waals surface area contributed by atoms with E-state index in [-0.39, 0.29) is 24.8 Å². The normalized spacial score (nSPS) is 14.2. The summed E-state index contributed by atoms with van der Waals surface area (Å²) < 4.78 is 26.0. The Bertz CT molecular complexity index is 1010. The van der Waals surface area contributed by atoms with E-state index in [0.717, 1.165) is 0 Å². The van der Waals surface area contributed by atoms with Crippen molar-refractivity contribution in [3.05, 3.63) is 59.3 Å². The van der Waals surface area contributed by atoms with Crippen molar-refractivity contribution in [3.63, 3.8) is 0 Å². The average molecular weight is 411 g/mol. The zero-order valence-electron chi connectivity index (χ0n) is 16.8. The Balaban J connectivity index is 1.80. The number of esters is 2. The number of aliphatic imine (C=N–C) groups is 1. The number of carbonyl (C=O) groups excluding carboxylic acids is 2. The number of nitrogens with zero attached hydrogens (tertiary/aromatic N) is 1. The van der Waals surface area contributed by atoms with Crippen molar-refractivity contribution in [2.45, 2.75) is 6.92 Å². The van der Waals surface area contributed by atoms with Crippen molar-refractivity contribution in [1.29, 1.82) is 0 Å². The highest BCUT2D eigenvalue weighted by Crippen LogP contribution is 2.30. The lowest BCUT2D eigenvalue weighted by atomic mass is 10.1. The third-order valence-electron chi connectivity index (χ3n) is 4.08. The summed E-state index contributed by atoms with van der Waals surface area (Å²) in [5, 5.41) is 0. The molecule has 30 heavy (non-hydrogen) atoms. The highest BCUT2D eigenvalue weighted by Gasteiger charge is 2.24. The molecule has 0 saturated carbocycles. The summed E-state index contributed by atoms with van der Waals surface area (Å²) in [5.74, 6) is 0.575. The van der Waals surface area contributed by atoms with Crippen LogP contribution in [0, 0.1) is 0 Å². The van der Waals surface area contributed by atoms with Crippen molar-refractivity contribution in [1.82, 2.24) is 0 Å². The van der Waals surface area contributed by atoms with Crippen LogP contribution in [0.2, 0.25) is 0 Å². The molecule has 0 aliphatic carbocycles. The summed E-state index contributed by atoms with van der Waals surface area (Å²) in [6, 6.07) is 12.1. The summed E-state index contributed by atoms with van der Waals surface area (Å²) in [7, 11) is 3.03. The molecule has 1 aliphatic rings. The Kier molecular flexibility index (Phi) is 6.69. The summed E-state index contributed by atoms with van der Waals surface area (Å²) in [4.78, 5) is 28.0. The van der Waals surface area contributed by atoms with Crippen LogP contribution >= 0.6 is 0 Å². The molecule has 0 bridgehead atoms. The summed E-state index contributed by atoms with van der Waals surface area (Å²) in [6.45, 7) is 1.77. The summed E-state index contributed by atoms with van der Waals surface area (Å²) in [5.41, 5.74) is 1.43. The summed E-state index contributed by atoms with van der Waals surface area (Å²) in [6.07, 6.45) is 1.58. The smallest absolute Gasteiger partial charge is 0.363 e. The van der Waals surface area contributed by atoms with Gasteiger partial charge in [-0.05, 0) is 48.9 Å². The van der Waals surface area contributed by atoms with Gasteiger partial charge in [-0.3, -0.25) is 0 Å². The van der Waals surface area contributed by atoms with Gasteiger partial charge in [0.15, 0.2) is 23.8 Å². The van der Waals surface area contributed by atoms with Crippen LogP contribution in [0.1, 0.15) is 18.1 Å². The summed E-state index contributed by atoms with van der Waals surface area (Å²) >= 11 is 0. The van der Waals surface area contributed by atoms with Crippen LogP contribution in [0.4, 0.5) is 0 Å². The molecule has 0 radical (unpaired) electrons. The highest BCUT2D eigenvalue weighted by molar-refractivity contribution is 6.13. The third kappa shape index (κ3) is 4.96. The first-order chi connectivity index (χ1) is 14.5. The number of carbonyl (C=O) groups is 2. The Labute approximate surface area is 173 Å². The van der Waals surface area contributed by atoms with Gasteiger partial charge >= 0.3 is 11.9 Å². The van der Waals surface area contributed by atoms with Gasteiger partial charge in [-0.25, -0.2) is 14.6 Å². The van der Waals surface area contributed by atoms with Gasteiger partial charge in [0.25, 0.3) is 0 Å². The van der Waals surface area contributed by atoms with E-state index in [1.165, 1.54) is 7.11 Å². The highest BCUT2D eigenvalue weighted by atomic mass is 16.6. The molecule has 3 rings (SSSR count). The van der Waals surface area contributed by atoms with Crippen LogP contribution < -0.4 is 14.2 Å². The van der Waals surface area contributed by atoms with Crippen molar-refractivity contribution in [2.75, 3.05) is 27.4 Å². The predicted molar refractivity (Wildman–Crippen MR) is 109 cm³/mol. The lowest BCUT2D eigenvalue weighted by molar-refractivity contribution is -0.145. The maximum absolute atomic E-state index is 12.2. The molecule has 0 amide bonds. The van der Waals surface area contributed by atoms with Crippen LogP contribution in [0.25, 0.3) is 6.08 Å². The molecule has 8 heteroatoms. The molecule has 156 valence electrons. The predicted octanol–water partition coefficient (Wildman–Crippen LogP) is 2.99. The van der Waals surface area contributed by atoms with Gasteiger partial charge in [-0.1, -0.05) is 12.1 Å². The van der Waals surface area contributed by atoms with E-state index < -0.39 is 11.9 Å². The van der Waals surface area contributed by atoms with Crippen molar-refractivity contribution >= 4 is 23.9 Å². The van der Waals surface area contributed by atoms with E-state index >= 15 is 0 Å². The third-order valence-corrected chi connectivity index (χ3v) is 4.08. The Morgan fingerprint density at radius 2 is 1.93 bits per heavy atom. The van der Waals surface area contributed by atoms with Gasteiger partial charge in [0.1, 0.15) is 5.75 Å². The quantitative estimate of drug-likeness (QED) is 0.487. The number of hydrogen-bond donors (Lipinski definition) is 0. The second-order valence-electron chi connectivity index (χ2n) is 6.07. The molecular weight excluding hydrogens is 390 g/mol. The molecular formula is C22H21NO7. The molecule has 1 aliphatic heterocycles. The molecule has 0 N–H and O–H groups in total. The second-order valence-corrected chi connectivity index (χ2v) is 6.07. The van der Waals surface area contributed by atoms with Gasteiger partial charge < -0.3 is 23.7 Å². The lowest BCUT2D eigenvalue weighted by Crippen LogP contribution is -2.14. The van der Waals surface area contributed by atoms with E-state index in [1.54, 1.807) is 62.6 Å². The van der Waals surface area contributed by atoms with Gasteiger partial charge in [0, 0.05) is 5.56 Å². The Morgan fingerprint density at radius 1 is 1.10 bits per heavy atom. The Morgan fingerprint density at radius 3 is 2.67 bits per heavy atom. The monoisotopic (exact) mass is 411 g/mol. The molecule has 8 nitrogen and oxygen atoms in total. The molecule has 1 heterocycles. The zero-order chi connectivity index (χ0) is 21.5. The van der Waals surface area contributed by atoms with Crippen molar-refractivity contribution in [2.24, 2.45) is 4.99 Å². The van der Waals surface area contributed by atoms with Crippen LogP contribution in [0.3, 0.4) is 0 Å².